The van der Waals surface area contributed by atoms with Crippen molar-refractivity contribution in [2.75, 3.05) is 0 Å². The summed E-state index contributed by atoms with van der Waals surface area (Å²) >= 11 is 0. The Morgan fingerprint density at radius 3 is 3.11 bits per heavy atom. The molecule has 102 valence electrons. The molecule has 1 saturated heterocycles. The van der Waals surface area contributed by atoms with Gasteiger partial charge in [0.1, 0.15) is 6.23 Å². The van der Waals surface area contributed by atoms with Gasteiger partial charge in [-0.15, -0.1) is 0 Å². The van der Waals surface area contributed by atoms with Crippen LogP contribution in [0.5, 0.6) is 0 Å². The molecule has 1 aromatic heterocycles. The summed E-state index contributed by atoms with van der Waals surface area (Å²) in [4.78, 5) is 18.1. The molecule has 0 amide bonds. The van der Waals surface area contributed by atoms with Crippen LogP contribution in [0.3, 0.4) is 0 Å². The van der Waals surface area contributed by atoms with Crippen LogP contribution in [-0.4, -0.2) is 21.7 Å². The van der Waals surface area contributed by atoms with E-state index in [1.54, 1.807) is 0 Å². The van der Waals surface area contributed by atoms with Gasteiger partial charge in [-0.2, -0.15) is 4.98 Å². The third-order valence-electron chi connectivity index (χ3n) is 3.18. The van der Waals surface area contributed by atoms with Gasteiger partial charge in [0.2, 0.25) is 0 Å². The van der Waals surface area contributed by atoms with Crippen molar-refractivity contribution in [3.8, 4) is 0 Å². The highest BCUT2D eigenvalue weighted by atomic mass is 19.1. The smallest absolute Gasteiger partial charge is 0.350 e. The molecule has 1 aromatic rings. The Morgan fingerprint density at radius 2 is 2.47 bits per heavy atom. The van der Waals surface area contributed by atoms with E-state index >= 15 is 0 Å². The van der Waals surface area contributed by atoms with Crippen LogP contribution in [0.25, 0.3) is 10.4 Å². The molecule has 0 unspecified atom stereocenters. The summed E-state index contributed by atoms with van der Waals surface area (Å²) in [6.07, 6.45) is 1.37. The highest BCUT2D eigenvalue weighted by Crippen LogP contribution is 2.32. The van der Waals surface area contributed by atoms with Gasteiger partial charge >= 0.3 is 5.69 Å². The lowest BCUT2D eigenvalue weighted by atomic mass is 10.1. The molecule has 0 aliphatic carbocycles. The maximum absolute atomic E-state index is 13.5. The van der Waals surface area contributed by atoms with E-state index in [-0.39, 0.29) is 11.8 Å². The number of rotatable bonds is 3. The average molecular weight is 267 g/mol. The fraction of sp³-hybridized carbons (Fsp3) is 0.636. The minimum atomic E-state index is -0.795. The van der Waals surface area contributed by atoms with Crippen LogP contribution in [0.1, 0.15) is 31.7 Å². The minimum absolute atomic E-state index is 0.0339. The third-order valence-corrected chi connectivity index (χ3v) is 3.18. The standard InChI is InChI=1S/C11H14FN5O2/c1-3-7-4-9(15-16-13)10(19-7)17-5-8(12)6(2)14-11(17)18/h5,7,9-10H,3-4H2,1-2H3/t7-,9+,10+/m1/s1. The lowest BCUT2D eigenvalue weighted by molar-refractivity contribution is -0.00710. The fourth-order valence-electron chi connectivity index (χ4n) is 2.12. The topological polar surface area (TPSA) is 92.9 Å². The molecule has 0 aromatic carbocycles. The van der Waals surface area contributed by atoms with Gasteiger partial charge in [-0.05, 0) is 25.3 Å². The fourth-order valence-corrected chi connectivity index (χ4v) is 2.12. The number of nitrogens with zero attached hydrogens (tertiary/aromatic N) is 5. The summed E-state index contributed by atoms with van der Waals surface area (Å²) in [5, 5.41) is 3.62. The van der Waals surface area contributed by atoms with Crippen LogP contribution in [-0.2, 0) is 4.74 Å². The normalized spacial score (nSPS) is 26.2. The molecule has 0 N–H and O–H groups in total. The summed E-state index contributed by atoms with van der Waals surface area (Å²) in [6.45, 7) is 3.34. The Bertz CT molecular complexity index is 581. The molecule has 8 heteroatoms. The molecule has 7 nitrogen and oxygen atoms in total. The summed E-state index contributed by atoms with van der Waals surface area (Å²) < 4.78 is 20.2. The molecule has 1 aliphatic heterocycles. The van der Waals surface area contributed by atoms with E-state index in [1.165, 1.54) is 6.92 Å². The highest BCUT2D eigenvalue weighted by Gasteiger charge is 2.35. The third kappa shape index (κ3) is 2.59. The maximum Gasteiger partial charge on any atom is 0.350 e. The van der Waals surface area contributed by atoms with Crippen molar-refractivity contribution in [1.29, 1.82) is 0 Å². The van der Waals surface area contributed by atoms with Gasteiger partial charge in [0.25, 0.3) is 0 Å². The zero-order chi connectivity index (χ0) is 14.0. The lowest BCUT2D eigenvalue weighted by Gasteiger charge is -2.17. The Balaban J connectivity index is 2.41. The van der Waals surface area contributed by atoms with Crippen molar-refractivity contribution in [1.82, 2.24) is 9.55 Å². The van der Waals surface area contributed by atoms with Crippen LogP contribution >= 0.6 is 0 Å². The Labute approximate surface area is 108 Å². The van der Waals surface area contributed by atoms with E-state index < -0.39 is 23.8 Å². The van der Waals surface area contributed by atoms with Gasteiger partial charge in [0, 0.05) is 11.1 Å². The number of aromatic nitrogens is 2. The van der Waals surface area contributed by atoms with Gasteiger partial charge in [0.15, 0.2) is 5.82 Å². The quantitative estimate of drug-likeness (QED) is 0.476. The van der Waals surface area contributed by atoms with Crippen molar-refractivity contribution in [3.63, 3.8) is 0 Å². The van der Waals surface area contributed by atoms with E-state index in [0.717, 1.165) is 17.2 Å². The van der Waals surface area contributed by atoms with Crippen LogP contribution < -0.4 is 5.69 Å². The molecule has 19 heavy (non-hydrogen) atoms. The van der Waals surface area contributed by atoms with Crippen molar-refractivity contribution in [2.24, 2.45) is 5.11 Å². The number of azide groups is 1. The Kier molecular flexibility index (Phi) is 3.82. The second-order valence-corrected chi connectivity index (χ2v) is 4.43. The first-order chi connectivity index (χ1) is 9.06. The van der Waals surface area contributed by atoms with Crippen LogP contribution in [0.4, 0.5) is 4.39 Å². The summed E-state index contributed by atoms with van der Waals surface area (Å²) in [7, 11) is 0. The molecule has 0 radical (unpaired) electrons. The molecule has 0 bridgehead atoms. The second-order valence-electron chi connectivity index (χ2n) is 4.43. The molecule has 2 heterocycles. The molecule has 0 saturated carbocycles. The number of aryl methyl sites for hydroxylation is 1. The summed E-state index contributed by atoms with van der Waals surface area (Å²) in [5.41, 5.74) is 7.97. The second kappa shape index (κ2) is 5.38. The average Bonchev–Trinajstić information content (AvgIpc) is 2.77. The maximum atomic E-state index is 13.5. The van der Waals surface area contributed by atoms with E-state index in [4.69, 9.17) is 10.3 Å². The Hall–Kier alpha value is -1.92. The predicted octanol–water partition coefficient (Wildman–Crippen LogP) is 2.07. The Morgan fingerprint density at radius 1 is 1.74 bits per heavy atom. The lowest BCUT2D eigenvalue weighted by Crippen LogP contribution is -2.32. The molecule has 1 aliphatic rings. The van der Waals surface area contributed by atoms with E-state index in [2.05, 4.69) is 15.0 Å². The number of halogens is 1. The minimum Gasteiger partial charge on any atom is -0.354 e. The van der Waals surface area contributed by atoms with Crippen LogP contribution in [0.2, 0.25) is 0 Å². The first-order valence-electron chi connectivity index (χ1n) is 6.01. The van der Waals surface area contributed by atoms with Gasteiger partial charge in [-0.1, -0.05) is 12.0 Å². The van der Waals surface area contributed by atoms with E-state index in [1.807, 2.05) is 6.92 Å². The molecule has 3 atom stereocenters. The van der Waals surface area contributed by atoms with E-state index in [0.29, 0.717) is 6.42 Å². The summed E-state index contributed by atoms with van der Waals surface area (Å²) in [5.74, 6) is -0.595. The monoisotopic (exact) mass is 267 g/mol. The van der Waals surface area contributed by atoms with Gasteiger partial charge in [0.05, 0.1) is 17.8 Å². The molecule has 1 fully saturated rings. The van der Waals surface area contributed by atoms with Crippen molar-refractivity contribution < 1.29 is 9.13 Å². The molecule has 0 spiro atoms. The predicted molar refractivity (Wildman–Crippen MR) is 64.9 cm³/mol. The first-order valence-corrected chi connectivity index (χ1v) is 6.01. The summed E-state index contributed by atoms with van der Waals surface area (Å²) in [6, 6.07) is -0.531. The molecular weight excluding hydrogens is 253 g/mol. The van der Waals surface area contributed by atoms with Crippen LogP contribution in [0, 0.1) is 12.7 Å². The zero-order valence-corrected chi connectivity index (χ0v) is 10.7. The SMILES string of the molecule is CC[C@@H]1C[C@H](N=[N+]=[N-])[C@@H](n2cc(F)c(C)nc2=O)O1. The largest absolute Gasteiger partial charge is 0.354 e. The van der Waals surface area contributed by atoms with Crippen molar-refractivity contribution in [2.45, 2.75) is 45.1 Å². The molecular formula is C11H14FN5O2. The van der Waals surface area contributed by atoms with E-state index in [9.17, 15) is 9.18 Å². The van der Waals surface area contributed by atoms with Crippen molar-refractivity contribution >= 4 is 0 Å². The zero-order valence-electron chi connectivity index (χ0n) is 10.7. The van der Waals surface area contributed by atoms with Crippen molar-refractivity contribution in [3.05, 3.63) is 38.6 Å². The van der Waals surface area contributed by atoms with Gasteiger partial charge < -0.3 is 4.74 Å². The van der Waals surface area contributed by atoms with Crippen LogP contribution in [0.15, 0.2) is 16.1 Å². The van der Waals surface area contributed by atoms with Gasteiger partial charge in [-0.25, -0.2) is 9.18 Å². The number of hydrogen-bond donors (Lipinski definition) is 0. The number of hydrogen-bond acceptors (Lipinski definition) is 4. The molecule has 2 rings (SSSR count). The highest BCUT2D eigenvalue weighted by molar-refractivity contribution is 5.01. The van der Waals surface area contributed by atoms with Gasteiger partial charge in [-0.3, -0.25) is 4.57 Å². The number of ether oxygens (including phenoxy) is 1. The first kappa shape index (κ1) is 13.5.